The Morgan fingerprint density at radius 1 is 1.38 bits per heavy atom. The van der Waals surface area contributed by atoms with Gasteiger partial charge in [-0.05, 0) is 13.0 Å². The first kappa shape index (κ1) is 15.1. The minimum Gasteiger partial charge on any atom is -0.263 e. The van der Waals surface area contributed by atoms with E-state index in [4.69, 9.17) is 0 Å². The molecule has 0 saturated heterocycles. The van der Waals surface area contributed by atoms with Gasteiger partial charge in [0.05, 0.1) is 11.5 Å². The fourth-order valence-electron chi connectivity index (χ4n) is 1.74. The van der Waals surface area contributed by atoms with Crippen LogP contribution in [0.1, 0.15) is 11.6 Å². The summed E-state index contributed by atoms with van der Waals surface area (Å²) in [6.45, 7) is 1.60. The van der Waals surface area contributed by atoms with Gasteiger partial charge in [-0.1, -0.05) is 12.1 Å². The molecule has 2 aromatic rings. The Morgan fingerprint density at radius 3 is 2.62 bits per heavy atom. The lowest BCUT2D eigenvalue weighted by Crippen LogP contribution is -2.27. The van der Waals surface area contributed by atoms with Crippen LogP contribution in [0.2, 0.25) is 0 Å². The molecule has 0 aliphatic carbocycles. The van der Waals surface area contributed by atoms with Gasteiger partial charge in [0.25, 0.3) is 5.69 Å². The smallest absolute Gasteiger partial charge is 0.263 e. The summed E-state index contributed by atoms with van der Waals surface area (Å²) in [6.07, 6.45) is 0. The van der Waals surface area contributed by atoms with E-state index in [9.17, 15) is 18.5 Å². The first-order valence-corrected chi connectivity index (χ1v) is 7.34. The normalized spacial score (nSPS) is 11.8. The molecule has 2 rings (SSSR count). The van der Waals surface area contributed by atoms with Gasteiger partial charge in [0.2, 0.25) is 10.0 Å². The van der Waals surface area contributed by atoms with E-state index < -0.39 is 20.6 Å². The molecule has 0 atom stereocenters. The number of aromatic amines is 1. The number of rotatable bonds is 5. The van der Waals surface area contributed by atoms with Crippen molar-refractivity contribution in [3.63, 3.8) is 0 Å². The number of aromatic nitrogens is 3. The van der Waals surface area contributed by atoms with E-state index in [1.807, 2.05) is 0 Å². The summed E-state index contributed by atoms with van der Waals surface area (Å²) in [7, 11) is -2.69. The third kappa shape index (κ3) is 3.06. The molecule has 112 valence electrons. The molecule has 0 fully saturated rings. The second kappa shape index (κ2) is 5.58. The summed E-state index contributed by atoms with van der Waals surface area (Å²) >= 11 is 0. The number of hydrogen-bond acceptors (Lipinski definition) is 6. The molecule has 0 aliphatic heterocycles. The number of hydrogen-bond donors (Lipinski definition) is 1. The van der Waals surface area contributed by atoms with E-state index in [1.165, 1.54) is 25.2 Å². The number of aryl methyl sites for hydroxylation is 1. The minimum absolute atomic E-state index is 0.0846. The third-order valence-electron chi connectivity index (χ3n) is 2.76. The van der Waals surface area contributed by atoms with Crippen molar-refractivity contribution in [2.75, 3.05) is 7.05 Å². The van der Waals surface area contributed by atoms with Crippen LogP contribution in [-0.4, -0.2) is 39.9 Å². The summed E-state index contributed by atoms with van der Waals surface area (Å²) in [5.74, 6) is 0.846. The van der Waals surface area contributed by atoms with Crippen molar-refractivity contribution in [1.82, 2.24) is 19.5 Å². The maximum atomic E-state index is 12.4. The average Bonchev–Trinajstić information content (AvgIpc) is 2.84. The molecule has 0 saturated carbocycles. The molecule has 0 spiro atoms. The van der Waals surface area contributed by atoms with Crippen molar-refractivity contribution in [3.05, 3.63) is 46.0 Å². The van der Waals surface area contributed by atoms with Gasteiger partial charge >= 0.3 is 0 Å². The summed E-state index contributed by atoms with van der Waals surface area (Å²) in [5, 5.41) is 17.4. The molecule has 9 nitrogen and oxygen atoms in total. The topological polar surface area (TPSA) is 122 Å². The van der Waals surface area contributed by atoms with E-state index in [-0.39, 0.29) is 17.3 Å². The highest BCUT2D eigenvalue weighted by Crippen LogP contribution is 2.25. The van der Waals surface area contributed by atoms with Crippen LogP contribution < -0.4 is 0 Å². The van der Waals surface area contributed by atoms with E-state index in [0.29, 0.717) is 5.82 Å². The number of nitro benzene ring substituents is 1. The minimum atomic E-state index is -4.01. The summed E-state index contributed by atoms with van der Waals surface area (Å²) in [5.41, 5.74) is -0.462. The van der Waals surface area contributed by atoms with Gasteiger partial charge in [-0.25, -0.2) is 13.4 Å². The zero-order valence-electron chi connectivity index (χ0n) is 11.3. The quantitative estimate of drug-likeness (QED) is 0.645. The molecule has 21 heavy (non-hydrogen) atoms. The van der Waals surface area contributed by atoms with E-state index in [1.54, 1.807) is 6.92 Å². The molecule has 0 amide bonds. The molecule has 0 bridgehead atoms. The Hall–Kier alpha value is -2.33. The maximum absolute atomic E-state index is 12.4. The Bertz CT molecular complexity index is 770. The molecule has 0 unspecified atom stereocenters. The Labute approximate surface area is 120 Å². The Balaban J connectivity index is 2.35. The first-order valence-electron chi connectivity index (χ1n) is 5.90. The van der Waals surface area contributed by atoms with E-state index >= 15 is 0 Å². The second-order valence-electron chi connectivity index (χ2n) is 4.32. The van der Waals surface area contributed by atoms with Gasteiger partial charge in [-0.15, -0.1) is 0 Å². The standard InChI is InChI=1S/C11H13N5O4S/c1-8-12-11(14-13-8)7-15(2)21(19,20)10-6-4-3-5-9(10)16(17)18/h3-6H,7H2,1-2H3,(H,12,13,14). The number of para-hydroxylation sites is 1. The predicted molar refractivity (Wildman–Crippen MR) is 72.9 cm³/mol. The van der Waals surface area contributed by atoms with Gasteiger partial charge in [0.15, 0.2) is 10.7 Å². The molecular formula is C11H13N5O4S. The number of sulfonamides is 1. The molecule has 1 N–H and O–H groups in total. The van der Waals surface area contributed by atoms with Gasteiger partial charge < -0.3 is 0 Å². The summed E-state index contributed by atoms with van der Waals surface area (Å²) < 4.78 is 25.8. The highest BCUT2D eigenvalue weighted by Gasteiger charge is 2.29. The van der Waals surface area contributed by atoms with E-state index in [0.717, 1.165) is 10.4 Å². The predicted octanol–water partition coefficient (Wildman–Crippen LogP) is 0.842. The lowest BCUT2D eigenvalue weighted by molar-refractivity contribution is -0.387. The SMILES string of the molecule is Cc1nc(CN(C)S(=O)(=O)c2ccccc2[N+](=O)[O-])n[nH]1. The van der Waals surface area contributed by atoms with Crippen LogP contribution in [0, 0.1) is 17.0 Å². The Morgan fingerprint density at radius 2 is 2.05 bits per heavy atom. The number of benzene rings is 1. The van der Waals surface area contributed by atoms with Crippen molar-refractivity contribution < 1.29 is 13.3 Å². The van der Waals surface area contributed by atoms with Crippen molar-refractivity contribution in [3.8, 4) is 0 Å². The third-order valence-corrected chi connectivity index (χ3v) is 4.61. The van der Waals surface area contributed by atoms with Crippen molar-refractivity contribution in [2.45, 2.75) is 18.4 Å². The first-order chi connectivity index (χ1) is 9.82. The van der Waals surface area contributed by atoms with Crippen LogP contribution in [0.4, 0.5) is 5.69 Å². The van der Waals surface area contributed by atoms with Gasteiger partial charge in [0, 0.05) is 13.1 Å². The molecule has 1 aromatic carbocycles. The monoisotopic (exact) mass is 311 g/mol. The highest BCUT2D eigenvalue weighted by atomic mass is 32.2. The second-order valence-corrected chi connectivity index (χ2v) is 6.34. The lowest BCUT2D eigenvalue weighted by Gasteiger charge is -2.15. The molecule has 1 heterocycles. The lowest BCUT2D eigenvalue weighted by atomic mass is 10.3. The highest BCUT2D eigenvalue weighted by molar-refractivity contribution is 7.89. The van der Waals surface area contributed by atoms with Crippen molar-refractivity contribution in [1.29, 1.82) is 0 Å². The van der Waals surface area contributed by atoms with E-state index in [2.05, 4.69) is 15.2 Å². The maximum Gasteiger partial charge on any atom is 0.289 e. The fourth-order valence-corrected chi connectivity index (χ4v) is 3.02. The molecule has 10 heteroatoms. The zero-order chi connectivity index (χ0) is 15.6. The summed E-state index contributed by atoms with van der Waals surface area (Å²) in [4.78, 5) is 13.9. The van der Waals surface area contributed by atoms with Gasteiger partial charge in [0.1, 0.15) is 5.82 Å². The fraction of sp³-hybridized carbons (Fsp3) is 0.273. The van der Waals surface area contributed by atoms with Crippen LogP contribution in [0.5, 0.6) is 0 Å². The van der Waals surface area contributed by atoms with Crippen LogP contribution in [-0.2, 0) is 16.6 Å². The van der Waals surface area contributed by atoms with Crippen LogP contribution in [0.25, 0.3) is 0 Å². The number of nitrogens with zero attached hydrogens (tertiary/aromatic N) is 4. The number of nitrogens with one attached hydrogen (secondary N) is 1. The van der Waals surface area contributed by atoms with Gasteiger partial charge in [-0.3, -0.25) is 15.2 Å². The zero-order valence-corrected chi connectivity index (χ0v) is 12.2. The summed E-state index contributed by atoms with van der Waals surface area (Å²) in [6, 6.07) is 5.20. The number of nitro groups is 1. The van der Waals surface area contributed by atoms with Crippen LogP contribution >= 0.6 is 0 Å². The van der Waals surface area contributed by atoms with Crippen molar-refractivity contribution >= 4 is 15.7 Å². The molecular weight excluding hydrogens is 298 g/mol. The van der Waals surface area contributed by atoms with Crippen LogP contribution in [0.3, 0.4) is 0 Å². The largest absolute Gasteiger partial charge is 0.289 e. The molecule has 0 aliphatic rings. The average molecular weight is 311 g/mol. The number of H-pyrrole nitrogens is 1. The molecule has 0 radical (unpaired) electrons. The Kier molecular flexibility index (Phi) is 4.00. The van der Waals surface area contributed by atoms with Gasteiger partial charge in [-0.2, -0.15) is 9.40 Å². The molecule has 1 aromatic heterocycles. The van der Waals surface area contributed by atoms with Crippen LogP contribution in [0.15, 0.2) is 29.2 Å². The van der Waals surface area contributed by atoms with Crippen molar-refractivity contribution in [2.24, 2.45) is 0 Å².